The summed E-state index contributed by atoms with van der Waals surface area (Å²) in [5.74, 6) is 1.80. The highest BCUT2D eigenvalue weighted by molar-refractivity contribution is 6.05. The van der Waals surface area contributed by atoms with Crippen molar-refractivity contribution in [3.8, 4) is 78.7 Å². The number of furan rings is 1. The first-order chi connectivity index (χ1) is 27.7. The third kappa shape index (κ3) is 5.59. The molecule has 4 heteroatoms. The Balaban J connectivity index is 1.10. The zero-order valence-electron chi connectivity index (χ0n) is 30.4. The van der Waals surface area contributed by atoms with E-state index < -0.39 is 0 Å². The van der Waals surface area contributed by atoms with Gasteiger partial charge in [-0.25, -0.2) is 15.0 Å². The average molecular weight is 716 g/mol. The fourth-order valence-electron chi connectivity index (χ4n) is 8.21. The summed E-state index contributed by atoms with van der Waals surface area (Å²) in [6.07, 6.45) is 0.899. The number of hydrogen-bond acceptors (Lipinski definition) is 4. The van der Waals surface area contributed by atoms with Gasteiger partial charge < -0.3 is 4.42 Å². The first-order valence-corrected chi connectivity index (χ1v) is 19.0. The molecule has 0 N–H and O–H groups in total. The van der Waals surface area contributed by atoms with Gasteiger partial charge in [-0.1, -0.05) is 152 Å². The first kappa shape index (κ1) is 32.0. The van der Waals surface area contributed by atoms with Crippen molar-refractivity contribution < 1.29 is 4.42 Å². The van der Waals surface area contributed by atoms with E-state index in [1.165, 1.54) is 27.8 Å². The van der Waals surface area contributed by atoms with Gasteiger partial charge in [-0.2, -0.15) is 0 Å². The normalized spacial score (nSPS) is 11.9. The van der Waals surface area contributed by atoms with Crippen molar-refractivity contribution >= 4 is 21.9 Å². The molecule has 0 bridgehead atoms. The molecule has 0 aliphatic heterocycles. The van der Waals surface area contributed by atoms with Crippen LogP contribution >= 0.6 is 0 Å². The van der Waals surface area contributed by atoms with Gasteiger partial charge in [0.05, 0.1) is 0 Å². The second-order valence-electron chi connectivity index (χ2n) is 14.4. The van der Waals surface area contributed by atoms with Crippen LogP contribution in [-0.4, -0.2) is 15.0 Å². The Morgan fingerprint density at radius 2 is 0.857 bits per heavy atom. The standard InChI is InChI=1S/C52H33N3O/c1-3-12-33(13-4-1)35-22-24-36(25-23-35)50-53-51(38-26-27-46-45-18-9-10-21-48(45)56-49(46)32-38)55-52(54-50)41-29-39(34-14-5-2-6-15-34)28-40(30-41)43-19-11-20-44-42-17-8-7-16-37(42)31-47(43)44/h1-30,32H,31H2. The van der Waals surface area contributed by atoms with Crippen molar-refractivity contribution in [2.24, 2.45) is 0 Å². The van der Waals surface area contributed by atoms with E-state index in [-0.39, 0.29) is 0 Å². The lowest BCUT2D eigenvalue weighted by Gasteiger charge is -2.14. The number of hydrogen-bond donors (Lipinski definition) is 0. The van der Waals surface area contributed by atoms with E-state index in [2.05, 4.69) is 158 Å². The molecule has 56 heavy (non-hydrogen) atoms. The topological polar surface area (TPSA) is 51.8 Å². The average Bonchev–Trinajstić information content (AvgIpc) is 3.85. The van der Waals surface area contributed by atoms with Gasteiger partial charge in [-0.05, 0) is 98.5 Å². The van der Waals surface area contributed by atoms with Crippen molar-refractivity contribution in [3.63, 3.8) is 0 Å². The van der Waals surface area contributed by atoms with Crippen molar-refractivity contribution in [2.75, 3.05) is 0 Å². The Morgan fingerprint density at radius 1 is 0.321 bits per heavy atom. The smallest absolute Gasteiger partial charge is 0.164 e. The summed E-state index contributed by atoms with van der Waals surface area (Å²) >= 11 is 0. The molecule has 0 spiro atoms. The first-order valence-electron chi connectivity index (χ1n) is 19.0. The molecule has 2 aromatic heterocycles. The lowest BCUT2D eigenvalue weighted by atomic mass is 9.91. The van der Waals surface area contributed by atoms with E-state index in [0.29, 0.717) is 17.5 Å². The molecule has 10 aromatic rings. The predicted molar refractivity (Wildman–Crippen MR) is 228 cm³/mol. The van der Waals surface area contributed by atoms with Gasteiger partial charge in [-0.3, -0.25) is 0 Å². The minimum Gasteiger partial charge on any atom is -0.456 e. The SMILES string of the molecule is c1ccc(-c2ccc(-c3nc(-c4cc(-c5ccccc5)cc(-c5cccc6c5Cc5ccccc5-6)c4)nc(-c4ccc5c(c4)oc4ccccc45)n3)cc2)cc1. The van der Waals surface area contributed by atoms with Gasteiger partial charge in [0.2, 0.25) is 0 Å². The summed E-state index contributed by atoms with van der Waals surface area (Å²) in [5.41, 5.74) is 16.6. The van der Waals surface area contributed by atoms with E-state index in [4.69, 9.17) is 19.4 Å². The van der Waals surface area contributed by atoms with Crippen LogP contribution in [0.15, 0.2) is 192 Å². The molecule has 8 aromatic carbocycles. The fraction of sp³-hybridized carbons (Fsp3) is 0.0192. The molecule has 4 nitrogen and oxygen atoms in total. The number of rotatable bonds is 6. The highest BCUT2D eigenvalue weighted by Gasteiger charge is 2.23. The summed E-state index contributed by atoms with van der Waals surface area (Å²) in [5, 5.41) is 2.15. The molecule has 0 saturated carbocycles. The van der Waals surface area contributed by atoms with Gasteiger partial charge in [0.25, 0.3) is 0 Å². The molecule has 262 valence electrons. The van der Waals surface area contributed by atoms with Crippen LogP contribution in [0, 0.1) is 0 Å². The summed E-state index contributed by atoms with van der Waals surface area (Å²) in [6, 6.07) is 66.0. The van der Waals surface area contributed by atoms with Crippen LogP contribution in [0.1, 0.15) is 11.1 Å². The molecule has 0 unspecified atom stereocenters. The summed E-state index contributed by atoms with van der Waals surface area (Å²) in [7, 11) is 0. The molecule has 1 aliphatic rings. The zero-order chi connectivity index (χ0) is 37.0. The zero-order valence-corrected chi connectivity index (χ0v) is 30.4. The van der Waals surface area contributed by atoms with Gasteiger partial charge in [0, 0.05) is 27.5 Å². The molecule has 0 amide bonds. The van der Waals surface area contributed by atoms with Crippen LogP contribution in [0.5, 0.6) is 0 Å². The molecule has 1 aliphatic carbocycles. The van der Waals surface area contributed by atoms with Gasteiger partial charge >= 0.3 is 0 Å². The number of fused-ring (bicyclic) bond motifs is 6. The minimum absolute atomic E-state index is 0.585. The van der Waals surface area contributed by atoms with Crippen LogP contribution < -0.4 is 0 Å². The Labute approximate surface area is 324 Å². The maximum atomic E-state index is 6.32. The van der Waals surface area contributed by atoms with E-state index in [1.807, 2.05) is 30.3 Å². The second kappa shape index (κ2) is 13.2. The molecular weight excluding hydrogens is 683 g/mol. The molecule has 0 atom stereocenters. The number of para-hydroxylation sites is 1. The Hall–Kier alpha value is -7.43. The fourth-order valence-corrected chi connectivity index (χ4v) is 8.21. The van der Waals surface area contributed by atoms with Crippen LogP contribution in [0.3, 0.4) is 0 Å². The Kier molecular flexibility index (Phi) is 7.52. The monoisotopic (exact) mass is 715 g/mol. The van der Waals surface area contributed by atoms with Crippen molar-refractivity contribution in [2.45, 2.75) is 6.42 Å². The highest BCUT2D eigenvalue weighted by Crippen LogP contribution is 2.43. The lowest BCUT2D eigenvalue weighted by molar-refractivity contribution is 0.669. The molecular formula is C52H33N3O. The van der Waals surface area contributed by atoms with E-state index in [9.17, 15) is 0 Å². The summed E-state index contributed by atoms with van der Waals surface area (Å²) in [4.78, 5) is 15.6. The largest absolute Gasteiger partial charge is 0.456 e. The van der Waals surface area contributed by atoms with Crippen LogP contribution in [-0.2, 0) is 6.42 Å². The third-order valence-electron chi connectivity index (χ3n) is 11.0. The van der Waals surface area contributed by atoms with E-state index in [0.717, 1.165) is 72.9 Å². The predicted octanol–water partition coefficient (Wildman–Crippen LogP) is 13.3. The van der Waals surface area contributed by atoms with Gasteiger partial charge in [0.1, 0.15) is 11.2 Å². The number of benzene rings is 8. The molecule has 0 fully saturated rings. The molecule has 0 saturated heterocycles. The molecule has 2 heterocycles. The quantitative estimate of drug-likeness (QED) is 0.172. The molecule has 0 radical (unpaired) electrons. The molecule has 11 rings (SSSR count). The van der Waals surface area contributed by atoms with Crippen LogP contribution in [0.2, 0.25) is 0 Å². The number of aromatic nitrogens is 3. The second-order valence-corrected chi connectivity index (χ2v) is 14.4. The number of nitrogens with zero attached hydrogens (tertiary/aromatic N) is 3. The Bertz CT molecular complexity index is 3090. The van der Waals surface area contributed by atoms with Gasteiger partial charge in [-0.15, -0.1) is 0 Å². The van der Waals surface area contributed by atoms with E-state index in [1.54, 1.807) is 0 Å². The third-order valence-corrected chi connectivity index (χ3v) is 11.0. The lowest BCUT2D eigenvalue weighted by Crippen LogP contribution is -2.01. The Morgan fingerprint density at radius 3 is 1.66 bits per heavy atom. The van der Waals surface area contributed by atoms with Crippen molar-refractivity contribution in [3.05, 3.63) is 199 Å². The maximum absolute atomic E-state index is 6.32. The van der Waals surface area contributed by atoms with Gasteiger partial charge in [0.15, 0.2) is 17.5 Å². The minimum atomic E-state index is 0.585. The summed E-state index contributed by atoms with van der Waals surface area (Å²) < 4.78 is 6.32. The van der Waals surface area contributed by atoms with Crippen molar-refractivity contribution in [1.82, 2.24) is 15.0 Å². The summed E-state index contributed by atoms with van der Waals surface area (Å²) in [6.45, 7) is 0. The van der Waals surface area contributed by atoms with Crippen molar-refractivity contribution in [1.29, 1.82) is 0 Å². The van der Waals surface area contributed by atoms with Crippen LogP contribution in [0.25, 0.3) is 101 Å². The van der Waals surface area contributed by atoms with E-state index >= 15 is 0 Å². The maximum Gasteiger partial charge on any atom is 0.164 e. The highest BCUT2D eigenvalue weighted by atomic mass is 16.3. The van der Waals surface area contributed by atoms with Crippen LogP contribution in [0.4, 0.5) is 0 Å².